The van der Waals surface area contributed by atoms with E-state index in [1.165, 1.54) is 22.5 Å². The zero-order chi connectivity index (χ0) is 22.7. The van der Waals surface area contributed by atoms with Gasteiger partial charge in [0.25, 0.3) is 15.9 Å². The Kier molecular flexibility index (Phi) is 6.14. The maximum atomic E-state index is 13.2. The lowest BCUT2D eigenvalue weighted by atomic mass is 10.2. The first kappa shape index (κ1) is 21.8. The van der Waals surface area contributed by atoms with Gasteiger partial charge in [0, 0.05) is 13.1 Å². The predicted octanol–water partition coefficient (Wildman–Crippen LogP) is 3.58. The summed E-state index contributed by atoms with van der Waals surface area (Å²) in [6.07, 6.45) is 0.683. The molecule has 0 saturated carbocycles. The lowest BCUT2D eigenvalue weighted by Crippen LogP contribution is -2.29. The van der Waals surface area contributed by atoms with E-state index in [4.69, 9.17) is 4.74 Å². The molecule has 0 spiro atoms. The van der Waals surface area contributed by atoms with Gasteiger partial charge in [0.1, 0.15) is 11.6 Å². The zero-order valence-corrected chi connectivity index (χ0v) is 18.4. The van der Waals surface area contributed by atoms with E-state index in [0.717, 1.165) is 11.1 Å². The van der Waals surface area contributed by atoms with Crippen molar-refractivity contribution in [3.05, 3.63) is 89.2 Å². The summed E-state index contributed by atoms with van der Waals surface area (Å²) in [6, 6.07) is 18.0. The number of carbonyl (C=O) groups excluding carboxylic acids is 1. The van der Waals surface area contributed by atoms with Gasteiger partial charge < -0.3 is 10.1 Å². The Hall–Kier alpha value is -3.39. The second-order valence-corrected chi connectivity index (χ2v) is 9.44. The number of fused-ring (bicyclic) bond motifs is 1. The monoisotopic (exact) mass is 454 g/mol. The van der Waals surface area contributed by atoms with Crippen molar-refractivity contribution in [3.63, 3.8) is 0 Å². The summed E-state index contributed by atoms with van der Waals surface area (Å²) in [5, 5.41) is 2.70. The van der Waals surface area contributed by atoms with E-state index < -0.39 is 10.0 Å². The van der Waals surface area contributed by atoms with E-state index in [2.05, 4.69) is 5.32 Å². The summed E-state index contributed by atoms with van der Waals surface area (Å²) in [5.41, 5.74) is 3.11. The van der Waals surface area contributed by atoms with Crippen LogP contribution in [0.15, 0.2) is 71.6 Å². The van der Waals surface area contributed by atoms with Gasteiger partial charge in [-0.1, -0.05) is 30.3 Å². The molecule has 3 aromatic rings. The number of sulfonamides is 1. The number of amides is 1. The van der Waals surface area contributed by atoms with Crippen LogP contribution in [0.5, 0.6) is 5.75 Å². The second kappa shape index (κ2) is 9.00. The average molecular weight is 455 g/mol. The van der Waals surface area contributed by atoms with E-state index in [1.54, 1.807) is 31.2 Å². The van der Waals surface area contributed by atoms with Crippen molar-refractivity contribution in [3.8, 4) is 5.75 Å². The lowest BCUT2D eigenvalue weighted by Gasteiger charge is -2.20. The molecule has 0 aliphatic carbocycles. The van der Waals surface area contributed by atoms with Gasteiger partial charge in [0.2, 0.25) is 0 Å². The van der Waals surface area contributed by atoms with Gasteiger partial charge in [-0.25, -0.2) is 12.8 Å². The number of hydrogen-bond donors (Lipinski definition) is 1. The zero-order valence-electron chi connectivity index (χ0n) is 17.5. The summed E-state index contributed by atoms with van der Waals surface area (Å²) >= 11 is 0. The second-order valence-electron chi connectivity index (χ2n) is 7.58. The predicted molar refractivity (Wildman–Crippen MR) is 120 cm³/mol. The molecule has 0 aromatic heterocycles. The maximum Gasteiger partial charge on any atom is 0.264 e. The Morgan fingerprint density at radius 3 is 2.59 bits per heavy atom. The Labute approximate surface area is 186 Å². The molecule has 0 bridgehead atoms. The van der Waals surface area contributed by atoms with E-state index in [9.17, 15) is 17.6 Å². The number of nitrogens with zero attached hydrogens (tertiary/aromatic N) is 1. The molecule has 3 aromatic carbocycles. The quantitative estimate of drug-likeness (QED) is 0.592. The standard InChI is InChI=1S/C24H23FN2O4S/c1-17-14-21(32(29,30)27-13-12-19-4-2-3-5-22(19)27)10-11-23(17)31-16-24(28)26-15-18-6-8-20(25)9-7-18/h2-11,14H,12-13,15-16H2,1H3,(H,26,28). The fraction of sp³-hybridized carbons (Fsp3) is 0.208. The van der Waals surface area contributed by atoms with Crippen LogP contribution >= 0.6 is 0 Å². The smallest absolute Gasteiger partial charge is 0.264 e. The summed E-state index contributed by atoms with van der Waals surface area (Å²) in [4.78, 5) is 12.3. The summed E-state index contributed by atoms with van der Waals surface area (Å²) in [7, 11) is -3.69. The van der Waals surface area contributed by atoms with Crippen LogP contribution in [-0.2, 0) is 27.8 Å². The summed E-state index contributed by atoms with van der Waals surface area (Å²) < 4.78 is 46.3. The van der Waals surface area contributed by atoms with Crippen molar-refractivity contribution < 1.29 is 22.3 Å². The molecule has 32 heavy (non-hydrogen) atoms. The molecule has 4 rings (SSSR count). The molecule has 8 heteroatoms. The van der Waals surface area contributed by atoms with Crippen molar-refractivity contribution in [1.82, 2.24) is 5.32 Å². The number of benzene rings is 3. The van der Waals surface area contributed by atoms with Gasteiger partial charge in [-0.05, 0) is 66.4 Å². The van der Waals surface area contributed by atoms with Crippen LogP contribution in [0.1, 0.15) is 16.7 Å². The normalized spacial score (nSPS) is 13.0. The number of nitrogens with one attached hydrogen (secondary N) is 1. The highest BCUT2D eigenvalue weighted by Gasteiger charge is 2.30. The molecular formula is C24H23FN2O4S. The van der Waals surface area contributed by atoms with Crippen molar-refractivity contribution in [1.29, 1.82) is 0 Å². The minimum Gasteiger partial charge on any atom is -0.484 e. The first-order chi connectivity index (χ1) is 15.3. The molecule has 0 fully saturated rings. The Balaban J connectivity index is 1.39. The number of anilines is 1. The molecule has 0 unspecified atom stereocenters. The van der Waals surface area contributed by atoms with Crippen LogP contribution in [0, 0.1) is 12.7 Å². The van der Waals surface area contributed by atoms with Crippen molar-refractivity contribution in [2.45, 2.75) is 24.8 Å². The average Bonchev–Trinajstić information content (AvgIpc) is 3.23. The third-order valence-electron chi connectivity index (χ3n) is 5.34. The molecule has 0 atom stereocenters. The number of hydrogen-bond acceptors (Lipinski definition) is 4. The molecule has 1 amide bonds. The van der Waals surface area contributed by atoms with Gasteiger partial charge in [-0.15, -0.1) is 0 Å². The first-order valence-electron chi connectivity index (χ1n) is 10.2. The summed E-state index contributed by atoms with van der Waals surface area (Å²) in [5.74, 6) is -0.236. The highest BCUT2D eigenvalue weighted by atomic mass is 32.2. The van der Waals surface area contributed by atoms with Gasteiger partial charge in [0.05, 0.1) is 10.6 Å². The van der Waals surface area contributed by atoms with Gasteiger partial charge in [-0.2, -0.15) is 0 Å². The maximum absolute atomic E-state index is 13.2. The van der Waals surface area contributed by atoms with Gasteiger partial charge in [0.15, 0.2) is 6.61 Å². The van der Waals surface area contributed by atoms with Crippen molar-refractivity contribution in [2.24, 2.45) is 0 Å². The molecule has 0 radical (unpaired) electrons. The molecule has 1 aliphatic heterocycles. The number of ether oxygens (including phenoxy) is 1. The number of carbonyl (C=O) groups is 1. The van der Waals surface area contributed by atoms with Crippen LogP contribution < -0.4 is 14.4 Å². The van der Waals surface area contributed by atoms with E-state index >= 15 is 0 Å². The highest BCUT2D eigenvalue weighted by molar-refractivity contribution is 7.92. The molecule has 166 valence electrons. The minimum atomic E-state index is -3.69. The Bertz CT molecular complexity index is 1240. The largest absolute Gasteiger partial charge is 0.484 e. The third-order valence-corrected chi connectivity index (χ3v) is 7.15. The topological polar surface area (TPSA) is 75.7 Å². The number of para-hydroxylation sites is 1. The summed E-state index contributed by atoms with van der Waals surface area (Å²) in [6.45, 7) is 2.19. The SMILES string of the molecule is Cc1cc(S(=O)(=O)N2CCc3ccccc32)ccc1OCC(=O)NCc1ccc(F)cc1. The fourth-order valence-corrected chi connectivity index (χ4v) is 5.22. The Morgan fingerprint density at radius 2 is 1.84 bits per heavy atom. The van der Waals surface area contributed by atoms with Gasteiger partial charge >= 0.3 is 0 Å². The van der Waals surface area contributed by atoms with E-state index in [1.807, 2.05) is 24.3 Å². The fourth-order valence-electron chi connectivity index (χ4n) is 3.63. The molecule has 1 aliphatic rings. The van der Waals surface area contributed by atoms with E-state index in [-0.39, 0.29) is 29.8 Å². The molecular weight excluding hydrogens is 431 g/mol. The minimum absolute atomic E-state index is 0.180. The number of halogens is 1. The third kappa shape index (κ3) is 4.60. The van der Waals surface area contributed by atoms with Crippen LogP contribution in [-0.4, -0.2) is 27.5 Å². The van der Waals surface area contributed by atoms with Crippen LogP contribution in [0.4, 0.5) is 10.1 Å². The number of aryl methyl sites for hydroxylation is 1. The molecule has 1 heterocycles. The van der Waals surface area contributed by atoms with E-state index in [0.29, 0.717) is 30.0 Å². The molecule has 6 nitrogen and oxygen atoms in total. The van der Waals surface area contributed by atoms with Crippen molar-refractivity contribution in [2.75, 3.05) is 17.5 Å². The number of rotatable bonds is 7. The Morgan fingerprint density at radius 1 is 1.09 bits per heavy atom. The van der Waals surface area contributed by atoms with Crippen molar-refractivity contribution >= 4 is 21.6 Å². The van der Waals surface area contributed by atoms with Crippen LogP contribution in [0.3, 0.4) is 0 Å². The first-order valence-corrected chi connectivity index (χ1v) is 11.6. The van der Waals surface area contributed by atoms with Crippen LogP contribution in [0.25, 0.3) is 0 Å². The lowest BCUT2D eigenvalue weighted by molar-refractivity contribution is -0.123. The highest BCUT2D eigenvalue weighted by Crippen LogP contribution is 2.33. The van der Waals surface area contributed by atoms with Gasteiger partial charge in [-0.3, -0.25) is 9.10 Å². The molecule has 1 N–H and O–H groups in total. The molecule has 0 saturated heterocycles. The van der Waals surface area contributed by atoms with Crippen LogP contribution in [0.2, 0.25) is 0 Å².